The first-order valence-electron chi connectivity index (χ1n) is 5.05. The number of hydrogen-bond acceptors (Lipinski definition) is 1. The van der Waals surface area contributed by atoms with Gasteiger partial charge in [-0.3, -0.25) is 0 Å². The molecule has 0 heterocycles. The molecule has 0 aliphatic rings. The summed E-state index contributed by atoms with van der Waals surface area (Å²) < 4.78 is 0. The first-order chi connectivity index (χ1) is 5.56. The van der Waals surface area contributed by atoms with Crippen LogP contribution >= 0.6 is 0 Å². The van der Waals surface area contributed by atoms with Crippen molar-refractivity contribution in [3.8, 4) is 0 Å². The summed E-state index contributed by atoms with van der Waals surface area (Å²) in [5.41, 5.74) is 1.43. The molecule has 0 bridgehead atoms. The molecule has 0 fully saturated rings. The van der Waals surface area contributed by atoms with Gasteiger partial charge in [0.05, 0.1) is 0 Å². The van der Waals surface area contributed by atoms with Gasteiger partial charge in [0.1, 0.15) is 0 Å². The Morgan fingerprint density at radius 3 is 1.69 bits per heavy atom. The first-order valence-corrected chi connectivity index (χ1v) is 5.05. The fraction of sp³-hybridized carbons (Fsp3) is 0.833. The maximum Gasteiger partial charge on any atom is 0.0341 e. The van der Waals surface area contributed by atoms with E-state index in [9.17, 15) is 0 Å². The summed E-state index contributed by atoms with van der Waals surface area (Å²) in [6, 6.07) is 0. The smallest absolute Gasteiger partial charge is 0.0341 e. The number of hydrogen-bond donors (Lipinski definition) is 1. The van der Waals surface area contributed by atoms with Crippen molar-refractivity contribution in [2.75, 3.05) is 0 Å². The van der Waals surface area contributed by atoms with E-state index in [0.29, 0.717) is 5.92 Å². The normalized spacial score (nSPS) is 13.5. The summed E-state index contributed by atoms with van der Waals surface area (Å²) in [6.45, 7) is 19.5. The van der Waals surface area contributed by atoms with Crippen molar-refractivity contribution < 1.29 is 0 Å². The van der Waals surface area contributed by atoms with E-state index >= 15 is 0 Å². The van der Waals surface area contributed by atoms with Crippen LogP contribution in [0.3, 0.4) is 0 Å². The highest BCUT2D eigenvalue weighted by Gasteiger charge is 2.27. The first kappa shape index (κ1) is 12.7. The van der Waals surface area contributed by atoms with Crippen LogP contribution in [0.15, 0.2) is 12.2 Å². The van der Waals surface area contributed by atoms with Crippen LogP contribution in [0.5, 0.6) is 0 Å². The molecule has 0 spiro atoms. The molecule has 0 aromatic heterocycles. The zero-order valence-electron chi connectivity index (χ0n) is 10.3. The van der Waals surface area contributed by atoms with E-state index in [-0.39, 0.29) is 11.1 Å². The van der Waals surface area contributed by atoms with Crippen molar-refractivity contribution in [2.45, 2.75) is 59.5 Å². The second-order valence-electron chi connectivity index (χ2n) is 5.68. The van der Waals surface area contributed by atoms with Crippen molar-refractivity contribution in [2.24, 2.45) is 5.92 Å². The Hall–Kier alpha value is -0.300. The molecule has 0 radical (unpaired) electrons. The van der Waals surface area contributed by atoms with Crippen LogP contribution in [-0.4, -0.2) is 11.1 Å². The van der Waals surface area contributed by atoms with Gasteiger partial charge in [0, 0.05) is 11.1 Å². The maximum atomic E-state index is 4.15. The Morgan fingerprint density at radius 2 is 1.46 bits per heavy atom. The lowest BCUT2D eigenvalue weighted by Crippen LogP contribution is -2.52. The SMILES string of the molecule is C=C(C(C)C)C(C)(C)NC(C)(C)C. The van der Waals surface area contributed by atoms with Gasteiger partial charge in [-0.2, -0.15) is 0 Å². The molecule has 0 aromatic rings. The average Bonchev–Trinajstić information content (AvgIpc) is 1.80. The molecule has 0 atom stereocenters. The van der Waals surface area contributed by atoms with Crippen molar-refractivity contribution >= 4 is 0 Å². The van der Waals surface area contributed by atoms with Crippen LogP contribution in [0.2, 0.25) is 0 Å². The Morgan fingerprint density at radius 1 is 1.08 bits per heavy atom. The number of rotatable bonds is 3. The van der Waals surface area contributed by atoms with Crippen LogP contribution in [0.4, 0.5) is 0 Å². The molecule has 0 amide bonds. The fourth-order valence-electron chi connectivity index (χ4n) is 1.74. The molecule has 0 unspecified atom stereocenters. The van der Waals surface area contributed by atoms with Gasteiger partial charge < -0.3 is 5.32 Å². The van der Waals surface area contributed by atoms with E-state index in [0.717, 1.165) is 0 Å². The molecule has 1 heteroatoms. The summed E-state index contributed by atoms with van der Waals surface area (Å²) in [5.74, 6) is 0.532. The molecule has 0 aromatic carbocycles. The molecule has 0 saturated heterocycles. The summed E-state index contributed by atoms with van der Waals surface area (Å²) in [6.07, 6.45) is 0. The van der Waals surface area contributed by atoms with Crippen molar-refractivity contribution in [3.05, 3.63) is 12.2 Å². The second kappa shape index (κ2) is 3.83. The lowest BCUT2D eigenvalue weighted by Gasteiger charge is -2.38. The summed E-state index contributed by atoms with van der Waals surface area (Å²) in [4.78, 5) is 0. The molecule has 0 rings (SSSR count). The standard InChI is InChI=1S/C12H25N/c1-9(2)10(3)12(7,8)13-11(4,5)6/h9,13H,3H2,1-2,4-8H3. The minimum atomic E-state index is 0.0203. The predicted octanol–water partition coefficient (Wildman–Crippen LogP) is 3.37. The Kier molecular flexibility index (Phi) is 3.74. The highest BCUT2D eigenvalue weighted by molar-refractivity contribution is 5.16. The van der Waals surface area contributed by atoms with Gasteiger partial charge in [0.15, 0.2) is 0 Å². The molecule has 1 N–H and O–H groups in total. The maximum absolute atomic E-state index is 4.15. The zero-order valence-corrected chi connectivity index (χ0v) is 10.3. The summed E-state index contributed by atoms with van der Waals surface area (Å²) in [5, 5.41) is 3.58. The molecule has 78 valence electrons. The summed E-state index contributed by atoms with van der Waals surface area (Å²) in [7, 11) is 0. The quantitative estimate of drug-likeness (QED) is 0.662. The third kappa shape index (κ3) is 4.47. The van der Waals surface area contributed by atoms with Crippen LogP contribution in [0.25, 0.3) is 0 Å². The molecule has 13 heavy (non-hydrogen) atoms. The van der Waals surface area contributed by atoms with E-state index in [1.807, 2.05) is 0 Å². The fourth-order valence-corrected chi connectivity index (χ4v) is 1.74. The molecule has 0 aliphatic carbocycles. The monoisotopic (exact) mass is 183 g/mol. The van der Waals surface area contributed by atoms with Crippen LogP contribution in [0.1, 0.15) is 48.5 Å². The van der Waals surface area contributed by atoms with Crippen LogP contribution < -0.4 is 5.32 Å². The molecular formula is C12H25N. The van der Waals surface area contributed by atoms with Crippen molar-refractivity contribution in [1.82, 2.24) is 5.32 Å². The van der Waals surface area contributed by atoms with Gasteiger partial charge in [-0.25, -0.2) is 0 Å². The molecule has 0 saturated carbocycles. The minimum absolute atomic E-state index is 0.0203. The van der Waals surface area contributed by atoms with Gasteiger partial charge in [0.2, 0.25) is 0 Å². The Labute approximate surface area is 83.6 Å². The topological polar surface area (TPSA) is 12.0 Å². The largest absolute Gasteiger partial charge is 0.303 e. The third-order valence-electron chi connectivity index (χ3n) is 2.19. The van der Waals surface area contributed by atoms with Crippen molar-refractivity contribution in [3.63, 3.8) is 0 Å². The predicted molar refractivity (Wildman–Crippen MR) is 60.9 cm³/mol. The third-order valence-corrected chi connectivity index (χ3v) is 2.19. The molecule has 0 aliphatic heterocycles. The van der Waals surface area contributed by atoms with Gasteiger partial charge in [0.25, 0.3) is 0 Å². The number of nitrogens with one attached hydrogen (secondary N) is 1. The van der Waals surface area contributed by atoms with E-state index < -0.39 is 0 Å². The van der Waals surface area contributed by atoms with E-state index in [1.54, 1.807) is 0 Å². The highest BCUT2D eigenvalue weighted by atomic mass is 15.0. The second-order valence-corrected chi connectivity index (χ2v) is 5.68. The molecule has 1 nitrogen and oxygen atoms in total. The van der Waals surface area contributed by atoms with Crippen LogP contribution in [-0.2, 0) is 0 Å². The van der Waals surface area contributed by atoms with Crippen molar-refractivity contribution in [1.29, 1.82) is 0 Å². The minimum Gasteiger partial charge on any atom is -0.303 e. The van der Waals surface area contributed by atoms with Crippen LogP contribution in [0, 0.1) is 5.92 Å². The lowest BCUT2D eigenvalue weighted by molar-refractivity contribution is 0.304. The molecular weight excluding hydrogens is 158 g/mol. The van der Waals surface area contributed by atoms with E-state index in [4.69, 9.17) is 0 Å². The average molecular weight is 183 g/mol. The Balaban J connectivity index is 4.49. The lowest BCUT2D eigenvalue weighted by atomic mass is 9.85. The van der Waals surface area contributed by atoms with Gasteiger partial charge >= 0.3 is 0 Å². The summed E-state index contributed by atoms with van der Waals surface area (Å²) >= 11 is 0. The van der Waals surface area contributed by atoms with Gasteiger partial charge in [-0.05, 0) is 40.5 Å². The van der Waals surface area contributed by atoms with E-state index in [1.165, 1.54) is 5.57 Å². The van der Waals surface area contributed by atoms with Gasteiger partial charge in [-0.15, -0.1) is 0 Å². The highest BCUT2D eigenvalue weighted by Crippen LogP contribution is 2.24. The zero-order chi connectivity index (χ0) is 10.9. The Bertz CT molecular complexity index is 182. The van der Waals surface area contributed by atoms with Gasteiger partial charge in [-0.1, -0.05) is 26.0 Å². The van der Waals surface area contributed by atoms with E-state index in [2.05, 4.69) is 60.4 Å².